The number of carbonyl (C=O) groups is 2. The van der Waals surface area contributed by atoms with Gasteiger partial charge in [0.05, 0.1) is 6.04 Å². The Bertz CT molecular complexity index is 988. The van der Waals surface area contributed by atoms with Crippen LogP contribution in [0.3, 0.4) is 0 Å². The van der Waals surface area contributed by atoms with E-state index in [1.54, 1.807) is 25.4 Å². The Labute approximate surface area is 161 Å². The Kier molecular flexibility index (Phi) is 4.98. The van der Waals surface area contributed by atoms with Crippen molar-refractivity contribution in [3.8, 4) is 0 Å². The van der Waals surface area contributed by atoms with Gasteiger partial charge in [-0.1, -0.05) is 30.3 Å². The molecule has 4 rings (SSSR count). The minimum atomic E-state index is -0.279. The summed E-state index contributed by atoms with van der Waals surface area (Å²) in [6, 6.07) is 12.9. The lowest BCUT2D eigenvalue weighted by Crippen LogP contribution is -2.41. The minimum Gasteiger partial charge on any atom is -0.358 e. The van der Waals surface area contributed by atoms with Gasteiger partial charge in [-0.2, -0.15) is 0 Å². The van der Waals surface area contributed by atoms with Gasteiger partial charge in [-0.15, -0.1) is 5.10 Å². The van der Waals surface area contributed by atoms with Crippen molar-refractivity contribution in [1.29, 1.82) is 0 Å². The molecule has 2 amide bonds. The Hall–Kier alpha value is -3.33. The van der Waals surface area contributed by atoms with Crippen molar-refractivity contribution in [3.63, 3.8) is 0 Å². The first kappa shape index (κ1) is 18.1. The molecular formula is C19H21N7O2. The number of nitrogens with zero attached hydrogens (tertiary/aromatic N) is 5. The molecular weight excluding hydrogens is 358 g/mol. The number of likely N-dealkylation sites (tertiary alicyclic amines) is 1. The average molecular weight is 379 g/mol. The van der Waals surface area contributed by atoms with Crippen molar-refractivity contribution in [2.75, 3.05) is 13.6 Å². The molecule has 0 bridgehead atoms. The van der Waals surface area contributed by atoms with Crippen molar-refractivity contribution >= 4 is 17.5 Å². The third kappa shape index (κ3) is 3.70. The highest BCUT2D eigenvalue weighted by Gasteiger charge is 2.37. The van der Waals surface area contributed by atoms with Crippen LogP contribution in [-0.4, -0.2) is 62.4 Å². The summed E-state index contributed by atoms with van der Waals surface area (Å²) < 4.78 is 1.50. The van der Waals surface area contributed by atoms with E-state index in [9.17, 15) is 9.59 Å². The lowest BCUT2D eigenvalue weighted by molar-refractivity contribution is -0.125. The summed E-state index contributed by atoms with van der Waals surface area (Å²) in [6.07, 6.45) is 2.21. The number of amides is 2. The first-order valence-electron chi connectivity index (χ1n) is 9.12. The zero-order valence-corrected chi connectivity index (χ0v) is 15.4. The van der Waals surface area contributed by atoms with Gasteiger partial charge < -0.3 is 10.6 Å². The van der Waals surface area contributed by atoms with E-state index in [-0.39, 0.29) is 23.9 Å². The molecule has 1 aromatic carbocycles. The molecule has 3 heterocycles. The summed E-state index contributed by atoms with van der Waals surface area (Å²) in [4.78, 5) is 27.1. The van der Waals surface area contributed by atoms with E-state index in [4.69, 9.17) is 0 Å². The summed E-state index contributed by atoms with van der Waals surface area (Å²) in [6.45, 7) is 1.26. The molecule has 3 aromatic rings. The van der Waals surface area contributed by atoms with Gasteiger partial charge in [-0.25, -0.2) is 4.52 Å². The number of pyridine rings is 1. The van der Waals surface area contributed by atoms with Gasteiger partial charge in [0.15, 0.2) is 5.65 Å². The van der Waals surface area contributed by atoms with Crippen molar-refractivity contribution in [3.05, 3.63) is 59.8 Å². The van der Waals surface area contributed by atoms with Crippen LogP contribution >= 0.6 is 0 Å². The van der Waals surface area contributed by atoms with Gasteiger partial charge in [0.1, 0.15) is 0 Å². The van der Waals surface area contributed by atoms with Gasteiger partial charge in [0, 0.05) is 37.9 Å². The summed E-state index contributed by atoms with van der Waals surface area (Å²) >= 11 is 0. The van der Waals surface area contributed by atoms with E-state index in [0.717, 1.165) is 5.56 Å². The van der Waals surface area contributed by atoms with Gasteiger partial charge in [-0.3, -0.25) is 14.5 Å². The molecule has 0 saturated carbocycles. The second kappa shape index (κ2) is 7.73. The predicted molar refractivity (Wildman–Crippen MR) is 101 cm³/mol. The van der Waals surface area contributed by atoms with Crippen molar-refractivity contribution in [1.82, 2.24) is 35.6 Å². The molecule has 2 atom stereocenters. The molecule has 144 valence electrons. The van der Waals surface area contributed by atoms with Crippen LogP contribution in [-0.2, 0) is 11.3 Å². The van der Waals surface area contributed by atoms with Crippen molar-refractivity contribution in [2.45, 2.75) is 25.0 Å². The van der Waals surface area contributed by atoms with Gasteiger partial charge >= 0.3 is 0 Å². The molecule has 1 aliphatic heterocycles. The number of fused-ring (bicyclic) bond motifs is 1. The summed E-state index contributed by atoms with van der Waals surface area (Å²) in [5, 5.41) is 17.0. The normalized spacial score (nSPS) is 19.6. The number of benzene rings is 1. The lowest BCUT2D eigenvalue weighted by atomic mass is 10.1. The molecule has 28 heavy (non-hydrogen) atoms. The Morgan fingerprint density at radius 3 is 2.82 bits per heavy atom. The number of tetrazole rings is 1. The van der Waals surface area contributed by atoms with Crippen LogP contribution in [0.15, 0.2) is 48.7 Å². The predicted octanol–water partition coefficient (Wildman–Crippen LogP) is 0.243. The molecule has 2 aromatic heterocycles. The van der Waals surface area contributed by atoms with Crippen molar-refractivity contribution in [2.24, 2.45) is 0 Å². The van der Waals surface area contributed by atoms with E-state index < -0.39 is 0 Å². The van der Waals surface area contributed by atoms with E-state index in [1.807, 2.05) is 30.3 Å². The van der Waals surface area contributed by atoms with Crippen LogP contribution in [0.2, 0.25) is 0 Å². The van der Waals surface area contributed by atoms with Gasteiger partial charge in [0.2, 0.25) is 5.91 Å². The molecule has 9 nitrogen and oxygen atoms in total. The zero-order valence-electron chi connectivity index (χ0n) is 15.4. The van der Waals surface area contributed by atoms with Crippen LogP contribution in [0.5, 0.6) is 0 Å². The molecule has 0 radical (unpaired) electrons. The standard InChI is InChI=1S/C19H21N7O2/c1-20-19(28)16-10-15(12-25(16)11-13-5-3-2-4-6-13)21-18(27)14-7-8-26-17(9-14)22-23-24-26/h2-9,15-16H,10-12H2,1H3,(H,20,28)(H,21,27)/t15-,16+/m1/s1. The molecule has 1 fully saturated rings. The maximum atomic E-state index is 12.7. The zero-order chi connectivity index (χ0) is 19.5. The quantitative estimate of drug-likeness (QED) is 0.658. The maximum Gasteiger partial charge on any atom is 0.251 e. The summed E-state index contributed by atoms with van der Waals surface area (Å²) in [7, 11) is 1.64. The van der Waals surface area contributed by atoms with Crippen LogP contribution in [0.4, 0.5) is 0 Å². The smallest absolute Gasteiger partial charge is 0.251 e. The molecule has 0 spiro atoms. The second-order valence-electron chi connectivity index (χ2n) is 6.85. The van der Waals surface area contributed by atoms with Gasteiger partial charge in [-0.05, 0) is 34.5 Å². The number of hydrogen-bond donors (Lipinski definition) is 2. The topological polar surface area (TPSA) is 105 Å². The number of aromatic nitrogens is 4. The fraction of sp³-hybridized carbons (Fsp3) is 0.316. The van der Waals surface area contributed by atoms with E-state index in [1.165, 1.54) is 4.52 Å². The number of hydrogen-bond acceptors (Lipinski definition) is 6. The number of carbonyl (C=O) groups excluding carboxylic acids is 2. The maximum absolute atomic E-state index is 12.7. The molecule has 1 aliphatic rings. The Balaban J connectivity index is 1.46. The Morgan fingerprint density at radius 1 is 1.21 bits per heavy atom. The van der Waals surface area contributed by atoms with E-state index in [0.29, 0.717) is 30.7 Å². The molecule has 0 unspecified atom stereocenters. The summed E-state index contributed by atoms with van der Waals surface area (Å²) in [5.74, 6) is -0.239. The fourth-order valence-electron chi connectivity index (χ4n) is 3.59. The molecule has 0 aliphatic carbocycles. The number of likely N-dealkylation sites (N-methyl/N-ethyl adjacent to an activating group) is 1. The first-order chi connectivity index (χ1) is 13.6. The molecule has 1 saturated heterocycles. The third-order valence-corrected chi connectivity index (χ3v) is 4.98. The number of nitrogens with one attached hydrogen (secondary N) is 2. The second-order valence-corrected chi connectivity index (χ2v) is 6.85. The van der Waals surface area contributed by atoms with E-state index in [2.05, 4.69) is 31.1 Å². The SMILES string of the molecule is CNC(=O)[C@@H]1C[C@@H](NC(=O)c2ccn3nnnc3c2)CN1Cc1ccccc1. The number of rotatable bonds is 5. The highest BCUT2D eigenvalue weighted by molar-refractivity contribution is 5.95. The summed E-state index contributed by atoms with van der Waals surface area (Å²) in [5.41, 5.74) is 2.13. The third-order valence-electron chi connectivity index (χ3n) is 4.98. The largest absolute Gasteiger partial charge is 0.358 e. The van der Waals surface area contributed by atoms with Crippen molar-refractivity contribution < 1.29 is 9.59 Å². The van der Waals surface area contributed by atoms with Crippen LogP contribution in [0.25, 0.3) is 5.65 Å². The average Bonchev–Trinajstić information content (AvgIpc) is 3.34. The molecule has 9 heteroatoms. The fourth-order valence-corrected chi connectivity index (χ4v) is 3.59. The van der Waals surface area contributed by atoms with Crippen LogP contribution in [0.1, 0.15) is 22.3 Å². The van der Waals surface area contributed by atoms with Crippen LogP contribution < -0.4 is 10.6 Å². The first-order valence-corrected chi connectivity index (χ1v) is 9.12. The highest BCUT2D eigenvalue weighted by atomic mass is 16.2. The van der Waals surface area contributed by atoms with Gasteiger partial charge in [0.25, 0.3) is 5.91 Å². The van der Waals surface area contributed by atoms with E-state index >= 15 is 0 Å². The lowest BCUT2D eigenvalue weighted by Gasteiger charge is -2.22. The van der Waals surface area contributed by atoms with Crippen LogP contribution in [0, 0.1) is 0 Å². The monoisotopic (exact) mass is 379 g/mol. The Morgan fingerprint density at radius 2 is 2.04 bits per heavy atom. The minimum absolute atomic E-state index is 0.0383. The highest BCUT2D eigenvalue weighted by Crippen LogP contribution is 2.21. The molecule has 2 N–H and O–H groups in total.